The minimum atomic E-state index is 0.259. The second kappa shape index (κ2) is 3.71. The highest BCUT2D eigenvalue weighted by molar-refractivity contribution is 5.29. The van der Waals surface area contributed by atoms with Crippen molar-refractivity contribution in [3.05, 3.63) is 5.69 Å². The van der Waals surface area contributed by atoms with Gasteiger partial charge in [0.15, 0.2) is 0 Å². The van der Waals surface area contributed by atoms with Crippen molar-refractivity contribution >= 4 is 0 Å². The third-order valence-electron chi connectivity index (χ3n) is 5.01. The predicted octanol–water partition coefficient (Wildman–Crippen LogP) is 1.88. The first-order chi connectivity index (χ1) is 8.83. The number of nitrogens with zero attached hydrogens (tertiary/aromatic N) is 3. The molecule has 0 aliphatic heterocycles. The molecule has 0 unspecified atom stereocenters. The van der Waals surface area contributed by atoms with Gasteiger partial charge in [-0.25, -0.2) is 0 Å². The van der Waals surface area contributed by atoms with E-state index < -0.39 is 0 Å². The number of H-pyrrole nitrogens is 1. The van der Waals surface area contributed by atoms with Crippen LogP contribution in [0.4, 0.5) is 0 Å². The van der Waals surface area contributed by atoms with E-state index >= 15 is 0 Å². The summed E-state index contributed by atoms with van der Waals surface area (Å²) in [5, 5.41) is 19.2. The molecule has 1 aromatic rings. The van der Waals surface area contributed by atoms with Crippen LogP contribution in [0.15, 0.2) is 0 Å². The van der Waals surface area contributed by atoms with Crippen LogP contribution in [0.2, 0.25) is 0 Å². The Balaban J connectivity index is 1.57. The topological polar surface area (TPSA) is 74.6 Å². The molecule has 94 valence electrons. The van der Waals surface area contributed by atoms with Gasteiger partial charge < -0.3 is 4.74 Å². The van der Waals surface area contributed by atoms with Gasteiger partial charge in [0.05, 0.1) is 0 Å². The highest BCUT2D eigenvalue weighted by Crippen LogP contribution is 2.54. The van der Waals surface area contributed by atoms with E-state index in [4.69, 9.17) is 10.00 Å². The van der Waals surface area contributed by atoms with Crippen LogP contribution in [0.5, 0.6) is 5.88 Å². The molecule has 4 saturated carbocycles. The summed E-state index contributed by atoms with van der Waals surface area (Å²) < 4.78 is 6.03. The molecule has 0 atom stereocenters. The Morgan fingerprint density at radius 3 is 2.33 bits per heavy atom. The molecule has 0 saturated heterocycles. The number of aromatic amines is 1. The van der Waals surface area contributed by atoms with Gasteiger partial charge in [0.2, 0.25) is 5.69 Å². The second-order valence-electron chi connectivity index (χ2n) is 6.10. The van der Waals surface area contributed by atoms with E-state index in [-0.39, 0.29) is 11.8 Å². The van der Waals surface area contributed by atoms with Crippen molar-refractivity contribution in [3.8, 4) is 11.9 Å². The summed E-state index contributed by atoms with van der Waals surface area (Å²) >= 11 is 0. The SMILES string of the molecule is N#Cc1n[nH]nc1OC1C2CC3CC(C2)CC1C3. The average Bonchev–Trinajstić information content (AvgIpc) is 2.80. The van der Waals surface area contributed by atoms with E-state index in [9.17, 15) is 0 Å². The maximum absolute atomic E-state index is 8.94. The zero-order valence-electron chi connectivity index (χ0n) is 10.2. The molecule has 4 bridgehead atoms. The summed E-state index contributed by atoms with van der Waals surface area (Å²) in [4.78, 5) is 0. The Bertz CT molecular complexity index is 475. The van der Waals surface area contributed by atoms with Crippen LogP contribution in [0.3, 0.4) is 0 Å². The van der Waals surface area contributed by atoms with Crippen LogP contribution in [0.1, 0.15) is 37.8 Å². The van der Waals surface area contributed by atoms with Crippen LogP contribution < -0.4 is 4.74 Å². The van der Waals surface area contributed by atoms with Gasteiger partial charge >= 0.3 is 0 Å². The van der Waals surface area contributed by atoms with E-state index in [0.29, 0.717) is 17.7 Å². The minimum absolute atomic E-state index is 0.259. The molecule has 0 spiro atoms. The summed E-state index contributed by atoms with van der Waals surface area (Å²) in [5.41, 5.74) is 0.281. The van der Waals surface area contributed by atoms with Gasteiger partial charge in [0, 0.05) is 0 Å². The largest absolute Gasteiger partial charge is 0.471 e. The Labute approximate surface area is 106 Å². The average molecular weight is 244 g/mol. The summed E-state index contributed by atoms with van der Waals surface area (Å²) in [5.74, 6) is 3.60. The second-order valence-corrected chi connectivity index (χ2v) is 6.10. The minimum Gasteiger partial charge on any atom is -0.471 e. The summed E-state index contributed by atoms with van der Waals surface area (Å²) in [6.45, 7) is 0. The molecular formula is C13H16N4O. The third-order valence-corrected chi connectivity index (χ3v) is 5.01. The monoisotopic (exact) mass is 244 g/mol. The van der Waals surface area contributed by atoms with Gasteiger partial charge in [-0.3, -0.25) is 0 Å². The summed E-state index contributed by atoms with van der Waals surface area (Å²) in [7, 11) is 0. The molecule has 5 rings (SSSR count). The van der Waals surface area contributed by atoms with Crippen LogP contribution in [-0.4, -0.2) is 21.5 Å². The fourth-order valence-corrected chi connectivity index (χ4v) is 4.57. The highest BCUT2D eigenvalue weighted by atomic mass is 16.5. The number of aromatic nitrogens is 3. The molecule has 1 heterocycles. The molecule has 4 aliphatic carbocycles. The number of hydrogen-bond donors (Lipinski definition) is 1. The molecule has 0 aromatic carbocycles. The zero-order valence-corrected chi connectivity index (χ0v) is 10.2. The maximum atomic E-state index is 8.94. The lowest BCUT2D eigenvalue weighted by atomic mass is 9.55. The molecule has 1 N–H and O–H groups in total. The van der Waals surface area contributed by atoms with Crippen molar-refractivity contribution in [1.29, 1.82) is 5.26 Å². The van der Waals surface area contributed by atoms with Gasteiger partial charge in [0.25, 0.3) is 5.88 Å². The van der Waals surface area contributed by atoms with Crippen molar-refractivity contribution in [2.45, 2.75) is 38.2 Å². The Morgan fingerprint density at radius 2 is 1.72 bits per heavy atom. The molecular weight excluding hydrogens is 228 g/mol. The number of hydrogen-bond acceptors (Lipinski definition) is 4. The molecule has 0 amide bonds. The first-order valence-corrected chi connectivity index (χ1v) is 6.81. The standard InChI is InChI=1S/C13H16N4O/c14-6-11-13(16-17-15-11)18-12-9-2-7-1-8(4-9)5-10(12)3-7/h7-10,12H,1-5H2,(H,15,16,17). The highest BCUT2D eigenvalue weighted by Gasteiger charge is 2.49. The summed E-state index contributed by atoms with van der Waals surface area (Å²) in [6.07, 6.45) is 6.91. The Morgan fingerprint density at radius 1 is 1.06 bits per heavy atom. The lowest BCUT2D eigenvalue weighted by Crippen LogP contribution is -2.50. The number of nitrogens with one attached hydrogen (secondary N) is 1. The first kappa shape index (κ1) is 10.4. The lowest BCUT2D eigenvalue weighted by molar-refractivity contribution is -0.0806. The van der Waals surface area contributed by atoms with Gasteiger partial charge in [-0.1, -0.05) is 0 Å². The van der Waals surface area contributed by atoms with Gasteiger partial charge in [-0.05, 0) is 55.8 Å². The predicted molar refractivity (Wildman–Crippen MR) is 62.6 cm³/mol. The van der Waals surface area contributed by atoms with E-state index in [1.54, 1.807) is 0 Å². The number of rotatable bonds is 2. The smallest absolute Gasteiger partial charge is 0.272 e. The van der Waals surface area contributed by atoms with Crippen LogP contribution in [0, 0.1) is 35.0 Å². The van der Waals surface area contributed by atoms with E-state index in [0.717, 1.165) is 11.8 Å². The fourth-order valence-electron chi connectivity index (χ4n) is 4.57. The van der Waals surface area contributed by atoms with Crippen molar-refractivity contribution in [2.75, 3.05) is 0 Å². The zero-order chi connectivity index (χ0) is 12.1. The third kappa shape index (κ3) is 1.45. The van der Waals surface area contributed by atoms with Crippen LogP contribution in [0.25, 0.3) is 0 Å². The first-order valence-electron chi connectivity index (χ1n) is 6.81. The molecule has 4 fully saturated rings. The normalized spacial score (nSPS) is 40.7. The Hall–Kier alpha value is -1.57. The van der Waals surface area contributed by atoms with Gasteiger partial charge in [-0.15, -0.1) is 10.2 Å². The molecule has 5 heteroatoms. The molecule has 5 nitrogen and oxygen atoms in total. The quantitative estimate of drug-likeness (QED) is 0.861. The molecule has 18 heavy (non-hydrogen) atoms. The lowest BCUT2D eigenvalue weighted by Gasteiger charge is -2.53. The van der Waals surface area contributed by atoms with E-state index in [1.165, 1.54) is 32.1 Å². The van der Waals surface area contributed by atoms with Gasteiger partial charge in [-0.2, -0.15) is 10.5 Å². The number of ether oxygens (including phenoxy) is 1. The molecule has 0 radical (unpaired) electrons. The van der Waals surface area contributed by atoms with Crippen molar-refractivity contribution in [3.63, 3.8) is 0 Å². The van der Waals surface area contributed by atoms with Crippen LogP contribution >= 0.6 is 0 Å². The van der Waals surface area contributed by atoms with Crippen molar-refractivity contribution < 1.29 is 4.74 Å². The van der Waals surface area contributed by atoms with Crippen LogP contribution in [-0.2, 0) is 0 Å². The van der Waals surface area contributed by atoms with Crippen molar-refractivity contribution in [2.24, 2.45) is 23.7 Å². The van der Waals surface area contributed by atoms with Gasteiger partial charge in [0.1, 0.15) is 12.2 Å². The van der Waals surface area contributed by atoms with E-state index in [1.807, 2.05) is 6.07 Å². The summed E-state index contributed by atoms with van der Waals surface area (Å²) in [6, 6.07) is 2.02. The van der Waals surface area contributed by atoms with Crippen molar-refractivity contribution in [1.82, 2.24) is 15.4 Å². The molecule has 1 aromatic heterocycles. The number of nitriles is 1. The Kier molecular flexibility index (Phi) is 2.14. The van der Waals surface area contributed by atoms with E-state index in [2.05, 4.69) is 15.4 Å². The molecule has 4 aliphatic rings. The maximum Gasteiger partial charge on any atom is 0.272 e. The fraction of sp³-hybridized carbons (Fsp3) is 0.769.